The minimum Gasteiger partial charge on any atom is -0.223 e. The number of halogens is 2. The van der Waals surface area contributed by atoms with Gasteiger partial charge < -0.3 is 0 Å². The van der Waals surface area contributed by atoms with Gasteiger partial charge in [0.25, 0.3) is 0 Å². The van der Waals surface area contributed by atoms with Crippen molar-refractivity contribution in [3.8, 4) is 0 Å². The number of hydrogen-bond acceptors (Lipinski definition) is 2. The molecule has 0 saturated heterocycles. The summed E-state index contributed by atoms with van der Waals surface area (Å²) in [5.74, 6) is -0.258. The zero-order chi connectivity index (χ0) is 11.5. The van der Waals surface area contributed by atoms with Gasteiger partial charge >= 0.3 is 0 Å². The lowest BCUT2D eigenvalue weighted by Gasteiger charge is -2.12. The van der Waals surface area contributed by atoms with E-state index in [1.165, 1.54) is 24.1 Å². The van der Waals surface area contributed by atoms with Crippen LogP contribution >= 0.6 is 27.9 Å². The van der Waals surface area contributed by atoms with Gasteiger partial charge in [0.2, 0.25) is 0 Å². The van der Waals surface area contributed by atoms with Crippen molar-refractivity contribution in [1.82, 2.24) is 0 Å². The van der Waals surface area contributed by atoms with Crippen molar-refractivity contribution in [3.05, 3.63) is 34.1 Å². The largest absolute Gasteiger partial charge is 0.223 e. The smallest absolute Gasteiger partial charge is 0.124 e. The predicted molar refractivity (Wildman–Crippen MR) is 69.0 cm³/mol. The Bertz CT molecular complexity index is 351. The van der Waals surface area contributed by atoms with Gasteiger partial charge in [-0.2, -0.15) is 0 Å². The van der Waals surface area contributed by atoms with Gasteiger partial charge in [0.05, 0.1) is 0 Å². The first-order valence-electron chi connectivity index (χ1n) is 4.54. The van der Waals surface area contributed by atoms with Gasteiger partial charge in [-0.3, -0.25) is 0 Å². The van der Waals surface area contributed by atoms with Gasteiger partial charge in [-0.1, -0.05) is 15.9 Å². The summed E-state index contributed by atoms with van der Waals surface area (Å²) in [5, 5.41) is 0. The molecule has 0 aliphatic heterocycles. The molecule has 0 aliphatic rings. The summed E-state index contributed by atoms with van der Waals surface area (Å²) in [5.41, 5.74) is 0.763. The average Bonchev–Trinajstić information content (AvgIpc) is 1.99. The Morgan fingerprint density at radius 2 is 2.00 bits per heavy atom. The summed E-state index contributed by atoms with van der Waals surface area (Å²) in [7, 11) is 0. The summed E-state index contributed by atoms with van der Waals surface area (Å²) < 4.78 is 18.0. The van der Waals surface area contributed by atoms with Gasteiger partial charge in [-0.05, 0) is 56.5 Å². The SMILES string of the molecule is CC(C)(C)SN=Cc1cc(F)cc(Br)c1. The van der Waals surface area contributed by atoms with E-state index in [-0.39, 0.29) is 10.6 Å². The third kappa shape index (κ3) is 5.33. The highest BCUT2D eigenvalue weighted by molar-refractivity contribution is 9.10. The van der Waals surface area contributed by atoms with E-state index in [1.54, 1.807) is 6.21 Å². The third-order valence-corrected chi connectivity index (χ3v) is 2.63. The molecule has 0 amide bonds. The van der Waals surface area contributed by atoms with Gasteiger partial charge in [0.1, 0.15) is 5.82 Å². The Hall–Kier alpha value is -0.350. The molecule has 0 bridgehead atoms. The van der Waals surface area contributed by atoms with Crippen LogP contribution in [0.25, 0.3) is 0 Å². The standard InChI is InChI=1S/C11H13BrFNS/c1-11(2,3)15-14-7-8-4-9(12)6-10(13)5-8/h4-7H,1-3H3. The zero-order valence-electron chi connectivity index (χ0n) is 8.92. The zero-order valence-corrected chi connectivity index (χ0v) is 11.3. The van der Waals surface area contributed by atoms with Crippen LogP contribution in [0.5, 0.6) is 0 Å². The van der Waals surface area contributed by atoms with Crippen LogP contribution in [0.2, 0.25) is 0 Å². The van der Waals surface area contributed by atoms with E-state index >= 15 is 0 Å². The fraction of sp³-hybridized carbons (Fsp3) is 0.364. The van der Waals surface area contributed by atoms with E-state index in [1.807, 2.05) is 6.07 Å². The van der Waals surface area contributed by atoms with E-state index in [2.05, 4.69) is 41.1 Å². The van der Waals surface area contributed by atoms with Crippen LogP contribution < -0.4 is 0 Å². The lowest BCUT2D eigenvalue weighted by Crippen LogP contribution is -2.04. The molecule has 4 heteroatoms. The molecule has 0 spiro atoms. The van der Waals surface area contributed by atoms with E-state index in [4.69, 9.17) is 0 Å². The van der Waals surface area contributed by atoms with Crippen molar-refractivity contribution in [1.29, 1.82) is 0 Å². The number of rotatable bonds is 2. The first kappa shape index (κ1) is 12.7. The van der Waals surface area contributed by atoms with Crippen molar-refractivity contribution in [2.24, 2.45) is 4.40 Å². The fourth-order valence-corrected chi connectivity index (χ4v) is 1.87. The van der Waals surface area contributed by atoms with E-state index < -0.39 is 0 Å². The topological polar surface area (TPSA) is 12.4 Å². The fourth-order valence-electron chi connectivity index (χ4n) is 0.895. The molecule has 82 valence electrons. The average molecular weight is 290 g/mol. The highest BCUT2D eigenvalue weighted by atomic mass is 79.9. The summed E-state index contributed by atoms with van der Waals surface area (Å²) in [6.07, 6.45) is 1.67. The molecule has 0 N–H and O–H groups in total. The maximum absolute atomic E-state index is 13.0. The van der Waals surface area contributed by atoms with Crippen molar-refractivity contribution in [2.45, 2.75) is 25.5 Å². The molecule has 0 saturated carbocycles. The second-order valence-corrected chi connectivity index (χ2v) is 6.67. The Morgan fingerprint density at radius 1 is 1.33 bits per heavy atom. The Kier molecular flexibility index (Phi) is 4.34. The third-order valence-electron chi connectivity index (χ3n) is 1.41. The second kappa shape index (κ2) is 5.12. The van der Waals surface area contributed by atoms with Gasteiger partial charge in [0, 0.05) is 15.4 Å². The van der Waals surface area contributed by atoms with Crippen molar-refractivity contribution < 1.29 is 4.39 Å². The van der Waals surface area contributed by atoms with Crippen molar-refractivity contribution in [2.75, 3.05) is 0 Å². The molecule has 0 radical (unpaired) electrons. The molecule has 0 aromatic heterocycles. The van der Waals surface area contributed by atoms with E-state index in [0.717, 1.165) is 10.0 Å². The molecule has 1 rings (SSSR count). The normalized spacial score (nSPS) is 12.3. The molecule has 0 atom stereocenters. The summed E-state index contributed by atoms with van der Waals surface area (Å²) in [6.45, 7) is 6.24. The van der Waals surface area contributed by atoms with Crippen LogP contribution in [0.4, 0.5) is 4.39 Å². The first-order valence-corrected chi connectivity index (χ1v) is 6.11. The first-order chi connectivity index (χ1) is 6.87. The predicted octanol–water partition coefficient (Wildman–Crippen LogP) is 4.45. The van der Waals surface area contributed by atoms with Crippen molar-refractivity contribution >= 4 is 34.1 Å². The minimum absolute atomic E-state index is 0.0844. The number of nitrogens with zero attached hydrogens (tertiary/aromatic N) is 1. The molecule has 0 fully saturated rings. The monoisotopic (exact) mass is 289 g/mol. The maximum atomic E-state index is 13.0. The molecular formula is C11H13BrFNS. The van der Waals surface area contributed by atoms with Crippen LogP contribution in [0, 0.1) is 5.82 Å². The van der Waals surface area contributed by atoms with E-state index in [0.29, 0.717) is 0 Å². The highest BCUT2D eigenvalue weighted by Gasteiger charge is 2.08. The Balaban J connectivity index is 2.72. The van der Waals surface area contributed by atoms with Crippen molar-refractivity contribution in [3.63, 3.8) is 0 Å². The van der Waals surface area contributed by atoms with Gasteiger partial charge in [-0.15, -0.1) is 0 Å². The lowest BCUT2D eigenvalue weighted by atomic mass is 10.2. The molecule has 0 heterocycles. The highest BCUT2D eigenvalue weighted by Crippen LogP contribution is 2.24. The van der Waals surface area contributed by atoms with Crippen LogP contribution in [-0.2, 0) is 0 Å². The molecule has 1 aromatic rings. The van der Waals surface area contributed by atoms with Crippen LogP contribution in [0.15, 0.2) is 27.1 Å². The van der Waals surface area contributed by atoms with E-state index in [9.17, 15) is 4.39 Å². The quantitative estimate of drug-likeness (QED) is 0.579. The summed E-state index contributed by atoms with van der Waals surface area (Å²) >= 11 is 4.71. The Labute approximate surface area is 102 Å². The second-order valence-electron chi connectivity index (χ2n) is 4.14. The molecule has 0 unspecified atom stereocenters. The minimum atomic E-state index is -0.258. The number of hydrogen-bond donors (Lipinski definition) is 0. The van der Waals surface area contributed by atoms with Gasteiger partial charge in [0.15, 0.2) is 0 Å². The van der Waals surface area contributed by atoms with Crippen LogP contribution in [-0.4, -0.2) is 11.0 Å². The van der Waals surface area contributed by atoms with Gasteiger partial charge in [-0.25, -0.2) is 8.79 Å². The molecule has 1 aromatic carbocycles. The maximum Gasteiger partial charge on any atom is 0.124 e. The molecule has 15 heavy (non-hydrogen) atoms. The lowest BCUT2D eigenvalue weighted by molar-refractivity contribution is 0.627. The molecular weight excluding hydrogens is 277 g/mol. The summed E-state index contributed by atoms with van der Waals surface area (Å²) in [6, 6.07) is 4.71. The molecule has 0 aliphatic carbocycles. The van der Waals surface area contributed by atoms with Crippen LogP contribution in [0.1, 0.15) is 26.3 Å². The molecule has 1 nitrogen and oxygen atoms in total. The van der Waals surface area contributed by atoms with Crippen LogP contribution in [0.3, 0.4) is 0 Å². The number of benzene rings is 1. The Morgan fingerprint density at radius 3 is 2.53 bits per heavy atom. The summed E-state index contributed by atoms with van der Waals surface area (Å²) in [4.78, 5) is 0.